The van der Waals surface area contributed by atoms with Crippen LogP contribution in [0, 0.1) is 21.4 Å². The Morgan fingerprint density at radius 1 is 1.06 bits per heavy atom. The fourth-order valence-corrected chi connectivity index (χ4v) is 4.19. The molecule has 2 saturated heterocycles. The lowest BCUT2D eigenvalue weighted by Gasteiger charge is -2.34. The Kier molecular flexibility index (Phi) is 6.52. The van der Waals surface area contributed by atoms with Crippen LogP contribution in [0.25, 0.3) is 0 Å². The summed E-state index contributed by atoms with van der Waals surface area (Å²) >= 11 is 0. The van der Waals surface area contributed by atoms with E-state index in [1.807, 2.05) is 17.0 Å². The first-order valence-corrected chi connectivity index (χ1v) is 10.7. The number of nitriles is 1. The molecule has 0 saturated carbocycles. The topological polar surface area (TPSA) is 112 Å². The predicted octanol–water partition coefficient (Wildman–Crippen LogP) is 2.70. The molecule has 2 fully saturated rings. The highest BCUT2D eigenvalue weighted by Crippen LogP contribution is 2.27. The van der Waals surface area contributed by atoms with Crippen LogP contribution in [-0.4, -0.2) is 56.3 Å². The number of morpholine rings is 1. The van der Waals surface area contributed by atoms with Crippen LogP contribution in [0.3, 0.4) is 0 Å². The second kappa shape index (κ2) is 9.66. The summed E-state index contributed by atoms with van der Waals surface area (Å²) in [7, 11) is 0. The maximum atomic E-state index is 13.1. The number of hydrogen-bond acceptors (Lipinski definition) is 7. The average Bonchev–Trinajstić information content (AvgIpc) is 2.84. The minimum Gasteiger partial charge on any atom is -0.378 e. The van der Waals surface area contributed by atoms with Gasteiger partial charge in [-0.25, -0.2) is 0 Å². The molecule has 2 aliphatic heterocycles. The summed E-state index contributed by atoms with van der Waals surface area (Å²) in [5, 5.41) is 23.3. The van der Waals surface area contributed by atoms with Crippen LogP contribution < -0.4 is 15.1 Å². The lowest BCUT2D eigenvalue weighted by molar-refractivity contribution is -0.384. The molecular weight excluding hydrogens is 410 g/mol. The van der Waals surface area contributed by atoms with Crippen molar-refractivity contribution in [3.8, 4) is 6.07 Å². The zero-order valence-electron chi connectivity index (χ0n) is 17.7. The van der Waals surface area contributed by atoms with E-state index in [0.717, 1.165) is 31.6 Å². The third kappa shape index (κ3) is 4.81. The number of piperidine rings is 1. The molecule has 0 bridgehead atoms. The zero-order chi connectivity index (χ0) is 22.5. The summed E-state index contributed by atoms with van der Waals surface area (Å²) in [6, 6.07) is 14.1. The van der Waals surface area contributed by atoms with Crippen molar-refractivity contribution < 1.29 is 14.5 Å². The quantitative estimate of drug-likeness (QED) is 0.568. The first-order valence-electron chi connectivity index (χ1n) is 10.7. The Labute approximate surface area is 186 Å². The van der Waals surface area contributed by atoms with Crippen molar-refractivity contribution in [2.24, 2.45) is 0 Å². The van der Waals surface area contributed by atoms with Crippen LogP contribution in [0.4, 0.5) is 17.1 Å². The lowest BCUT2D eigenvalue weighted by atomic mass is 10.0. The molecule has 0 radical (unpaired) electrons. The molecule has 0 aliphatic carbocycles. The van der Waals surface area contributed by atoms with E-state index in [-0.39, 0.29) is 17.6 Å². The third-order valence-corrected chi connectivity index (χ3v) is 5.98. The Morgan fingerprint density at radius 3 is 2.38 bits per heavy atom. The van der Waals surface area contributed by atoms with E-state index < -0.39 is 4.92 Å². The van der Waals surface area contributed by atoms with Crippen molar-refractivity contribution in [3.63, 3.8) is 0 Å². The van der Waals surface area contributed by atoms with Crippen molar-refractivity contribution in [1.29, 1.82) is 5.26 Å². The van der Waals surface area contributed by atoms with Gasteiger partial charge in [-0.1, -0.05) is 0 Å². The van der Waals surface area contributed by atoms with Gasteiger partial charge in [-0.2, -0.15) is 5.26 Å². The Hall–Kier alpha value is -3.64. The minimum absolute atomic E-state index is 0.00562. The molecule has 0 atom stereocenters. The highest BCUT2D eigenvalue weighted by atomic mass is 16.6. The molecule has 32 heavy (non-hydrogen) atoms. The van der Waals surface area contributed by atoms with Crippen LogP contribution in [0.1, 0.15) is 28.8 Å². The zero-order valence-corrected chi connectivity index (χ0v) is 17.7. The smallest absolute Gasteiger partial charge is 0.270 e. The molecule has 2 aliphatic rings. The first-order chi connectivity index (χ1) is 15.5. The number of carbonyl (C=O) groups excluding carboxylic acids is 1. The van der Waals surface area contributed by atoms with Crippen molar-refractivity contribution in [2.75, 3.05) is 49.2 Å². The molecule has 1 amide bonds. The number of anilines is 2. The van der Waals surface area contributed by atoms with E-state index in [9.17, 15) is 14.9 Å². The summed E-state index contributed by atoms with van der Waals surface area (Å²) in [5.74, 6) is -0.285. The average molecular weight is 435 g/mol. The van der Waals surface area contributed by atoms with Gasteiger partial charge in [0.2, 0.25) is 0 Å². The molecule has 166 valence electrons. The Balaban J connectivity index is 1.43. The fourth-order valence-electron chi connectivity index (χ4n) is 4.19. The number of carbonyl (C=O) groups is 1. The number of nitro groups is 1. The third-order valence-electron chi connectivity index (χ3n) is 5.98. The standard InChI is InChI=1S/C23H25N5O4/c24-16-17-1-3-19(4-2-17)26-9-7-18(8-10-26)25-23(29)21-15-20(28(30)31)5-6-22(21)27-11-13-32-14-12-27/h1-6,15,18H,7-14H2,(H,25,29). The number of benzene rings is 2. The molecule has 2 heterocycles. The van der Waals surface area contributed by atoms with Crippen LogP contribution >= 0.6 is 0 Å². The Bertz CT molecular complexity index is 1020. The first kappa shape index (κ1) is 21.6. The number of non-ortho nitro benzene ring substituents is 1. The maximum absolute atomic E-state index is 13.1. The van der Waals surface area contributed by atoms with Crippen molar-refractivity contribution in [1.82, 2.24) is 5.32 Å². The molecule has 9 heteroatoms. The van der Waals surface area contributed by atoms with Gasteiger partial charge in [-0.05, 0) is 43.2 Å². The molecule has 0 aromatic heterocycles. The monoisotopic (exact) mass is 435 g/mol. The maximum Gasteiger partial charge on any atom is 0.270 e. The van der Waals surface area contributed by atoms with Crippen molar-refractivity contribution in [3.05, 3.63) is 63.7 Å². The van der Waals surface area contributed by atoms with Crippen molar-refractivity contribution >= 4 is 23.0 Å². The van der Waals surface area contributed by atoms with E-state index >= 15 is 0 Å². The summed E-state index contributed by atoms with van der Waals surface area (Å²) in [4.78, 5) is 28.2. The summed E-state index contributed by atoms with van der Waals surface area (Å²) < 4.78 is 5.39. The highest BCUT2D eigenvalue weighted by molar-refractivity contribution is 6.00. The van der Waals surface area contributed by atoms with Gasteiger partial charge in [-0.3, -0.25) is 14.9 Å². The number of hydrogen-bond donors (Lipinski definition) is 1. The number of rotatable bonds is 5. The SMILES string of the molecule is N#Cc1ccc(N2CCC(NC(=O)c3cc([N+](=O)[O-])ccc3N3CCOCC3)CC2)cc1. The van der Waals surface area contributed by atoms with Gasteiger partial charge in [0.05, 0.1) is 41.0 Å². The van der Waals surface area contributed by atoms with Crippen molar-refractivity contribution in [2.45, 2.75) is 18.9 Å². The number of nitro benzene ring substituents is 1. The molecular formula is C23H25N5O4. The minimum atomic E-state index is -0.476. The van der Waals surface area contributed by atoms with Gasteiger partial charge < -0.3 is 19.9 Å². The molecule has 0 unspecified atom stereocenters. The van der Waals surface area contributed by atoms with Gasteiger partial charge in [0, 0.05) is 50.0 Å². The molecule has 2 aromatic rings. The second-order valence-corrected chi connectivity index (χ2v) is 7.95. The number of nitrogens with one attached hydrogen (secondary N) is 1. The molecule has 4 rings (SSSR count). The molecule has 1 N–H and O–H groups in total. The summed E-state index contributed by atoms with van der Waals surface area (Å²) in [5.41, 5.74) is 2.62. The fraction of sp³-hybridized carbons (Fsp3) is 0.391. The Morgan fingerprint density at radius 2 is 1.75 bits per heavy atom. The predicted molar refractivity (Wildman–Crippen MR) is 120 cm³/mol. The van der Waals surface area contributed by atoms with E-state index in [1.165, 1.54) is 12.1 Å². The number of nitrogens with zero attached hydrogens (tertiary/aromatic N) is 4. The van der Waals surface area contributed by atoms with Crippen LogP contribution in [-0.2, 0) is 4.74 Å². The van der Waals surface area contributed by atoms with Gasteiger partial charge in [-0.15, -0.1) is 0 Å². The van der Waals surface area contributed by atoms with Crippen LogP contribution in [0.2, 0.25) is 0 Å². The van der Waals surface area contributed by atoms with E-state index in [1.54, 1.807) is 18.2 Å². The van der Waals surface area contributed by atoms with Crippen LogP contribution in [0.15, 0.2) is 42.5 Å². The van der Waals surface area contributed by atoms with E-state index in [0.29, 0.717) is 43.1 Å². The molecule has 2 aromatic carbocycles. The summed E-state index contributed by atoms with van der Waals surface area (Å²) in [6.45, 7) is 3.96. The summed E-state index contributed by atoms with van der Waals surface area (Å²) in [6.07, 6.45) is 1.54. The number of ether oxygens (including phenoxy) is 1. The number of amides is 1. The van der Waals surface area contributed by atoms with E-state index in [4.69, 9.17) is 10.00 Å². The van der Waals surface area contributed by atoms with Gasteiger partial charge in [0.25, 0.3) is 11.6 Å². The van der Waals surface area contributed by atoms with Crippen LogP contribution in [0.5, 0.6) is 0 Å². The largest absolute Gasteiger partial charge is 0.378 e. The van der Waals surface area contributed by atoms with Gasteiger partial charge >= 0.3 is 0 Å². The molecule has 9 nitrogen and oxygen atoms in total. The lowest BCUT2D eigenvalue weighted by Crippen LogP contribution is -2.45. The molecule has 0 spiro atoms. The normalized spacial score (nSPS) is 17.0. The van der Waals surface area contributed by atoms with E-state index in [2.05, 4.69) is 16.3 Å². The highest BCUT2D eigenvalue weighted by Gasteiger charge is 2.26. The van der Waals surface area contributed by atoms with Gasteiger partial charge in [0.15, 0.2) is 0 Å². The second-order valence-electron chi connectivity index (χ2n) is 7.95. The van der Waals surface area contributed by atoms with Gasteiger partial charge in [0.1, 0.15) is 0 Å².